The maximum absolute atomic E-state index is 11.2. The van der Waals surface area contributed by atoms with Crippen molar-refractivity contribution in [3.63, 3.8) is 0 Å². The van der Waals surface area contributed by atoms with E-state index in [0.717, 1.165) is 45.1 Å². The molecule has 26 heavy (non-hydrogen) atoms. The molecule has 0 saturated carbocycles. The van der Waals surface area contributed by atoms with Crippen LogP contribution in [0.25, 0.3) is 0 Å². The van der Waals surface area contributed by atoms with E-state index in [4.69, 9.17) is 0 Å². The number of hydrogen-bond donors (Lipinski definition) is 2. The number of benzene rings is 1. The normalized spacial score (nSPS) is 10.7. The highest BCUT2D eigenvalue weighted by molar-refractivity contribution is 8.00. The lowest BCUT2D eigenvalue weighted by Crippen LogP contribution is -2.05. The SMILES string of the molecule is CCCc1nc(CSc2nnc(Nc3cccc(NC(C)=O)c3)s2)cs1. The topological polar surface area (TPSA) is 79.8 Å². The molecule has 2 N–H and O–H groups in total. The van der Waals surface area contributed by atoms with Crippen LogP contribution in [0, 0.1) is 0 Å². The summed E-state index contributed by atoms with van der Waals surface area (Å²) in [5.74, 6) is 0.702. The Kier molecular flexibility index (Phi) is 6.59. The Balaban J connectivity index is 1.56. The first-order valence-electron chi connectivity index (χ1n) is 8.16. The lowest BCUT2D eigenvalue weighted by molar-refractivity contribution is -0.114. The summed E-state index contributed by atoms with van der Waals surface area (Å²) in [6.45, 7) is 3.65. The molecule has 0 spiro atoms. The van der Waals surface area contributed by atoms with Gasteiger partial charge in [-0.15, -0.1) is 21.5 Å². The van der Waals surface area contributed by atoms with Gasteiger partial charge in [0, 0.05) is 29.4 Å². The molecule has 3 rings (SSSR count). The molecule has 9 heteroatoms. The van der Waals surface area contributed by atoms with E-state index in [1.807, 2.05) is 24.3 Å². The zero-order valence-electron chi connectivity index (χ0n) is 14.5. The predicted molar refractivity (Wildman–Crippen MR) is 110 cm³/mol. The van der Waals surface area contributed by atoms with Gasteiger partial charge in [-0.25, -0.2) is 4.98 Å². The van der Waals surface area contributed by atoms with Gasteiger partial charge in [0.2, 0.25) is 11.0 Å². The molecule has 2 heterocycles. The van der Waals surface area contributed by atoms with Gasteiger partial charge in [0.1, 0.15) is 0 Å². The molecule has 6 nitrogen and oxygen atoms in total. The van der Waals surface area contributed by atoms with E-state index in [0.29, 0.717) is 0 Å². The molecule has 1 amide bonds. The number of aryl methyl sites for hydroxylation is 1. The van der Waals surface area contributed by atoms with Gasteiger partial charge in [-0.2, -0.15) is 0 Å². The molecule has 0 saturated heterocycles. The van der Waals surface area contributed by atoms with Crippen molar-refractivity contribution in [2.24, 2.45) is 0 Å². The number of rotatable bonds is 8. The Labute approximate surface area is 164 Å². The van der Waals surface area contributed by atoms with E-state index in [2.05, 4.69) is 38.1 Å². The first kappa shape index (κ1) is 18.8. The van der Waals surface area contributed by atoms with Crippen LogP contribution in [-0.2, 0) is 17.0 Å². The number of thiazole rings is 1. The van der Waals surface area contributed by atoms with Gasteiger partial charge >= 0.3 is 0 Å². The molecule has 0 radical (unpaired) electrons. The zero-order valence-corrected chi connectivity index (χ0v) is 16.9. The van der Waals surface area contributed by atoms with Crippen LogP contribution < -0.4 is 10.6 Å². The maximum Gasteiger partial charge on any atom is 0.221 e. The van der Waals surface area contributed by atoms with Gasteiger partial charge in [-0.1, -0.05) is 36.1 Å². The summed E-state index contributed by atoms with van der Waals surface area (Å²) in [6, 6.07) is 7.50. The van der Waals surface area contributed by atoms with Gasteiger partial charge in [-0.3, -0.25) is 4.79 Å². The first-order chi connectivity index (χ1) is 12.6. The predicted octanol–water partition coefficient (Wildman–Crippen LogP) is 4.94. The average Bonchev–Trinajstić information content (AvgIpc) is 3.22. The van der Waals surface area contributed by atoms with Crippen LogP contribution in [-0.4, -0.2) is 21.1 Å². The highest BCUT2D eigenvalue weighted by atomic mass is 32.2. The summed E-state index contributed by atoms with van der Waals surface area (Å²) in [6.07, 6.45) is 2.16. The van der Waals surface area contributed by atoms with Crippen molar-refractivity contribution in [3.05, 3.63) is 40.3 Å². The Morgan fingerprint density at radius 3 is 2.92 bits per heavy atom. The quantitative estimate of drug-likeness (QED) is 0.517. The Bertz CT molecular complexity index is 877. The second-order valence-corrected chi connectivity index (χ2v) is 8.67. The minimum Gasteiger partial charge on any atom is -0.330 e. The second-order valence-electron chi connectivity index (χ2n) is 5.53. The van der Waals surface area contributed by atoms with Crippen molar-refractivity contribution in [1.29, 1.82) is 0 Å². The lowest BCUT2D eigenvalue weighted by atomic mass is 10.3. The van der Waals surface area contributed by atoms with Crippen molar-refractivity contribution < 1.29 is 4.79 Å². The average molecular weight is 406 g/mol. The molecule has 2 aromatic heterocycles. The molecular formula is C17H19N5OS3. The van der Waals surface area contributed by atoms with Crippen LogP contribution in [0.5, 0.6) is 0 Å². The number of nitrogens with one attached hydrogen (secondary N) is 2. The minimum atomic E-state index is -0.0964. The van der Waals surface area contributed by atoms with Crippen molar-refractivity contribution >= 4 is 56.8 Å². The highest BCUT2D eigenvalue weighted by Crippen LogP contribution is 2.30. The Morgan fingerprint density at radius 2 is 2.12 bits per heavy atom. The van der Waals surface area contributed by atoms with E-state index in [1.54, 1.807) is 23.1 Å². The lowest BCUT2D eigenvalue weighted by Gasteiger charge is -2.05. The van der Waals surface area contributed by atoms with Crippen LogP contribution in [0.2, 0.25) is 0 Å². The summed E-state index contributed by atoms with van der Waals surface area (Å²) in [5.41, 5.74) is 2.69. The number of carbonyl (C=O) groups excluding carboxylic acids is 1. The van der Waals surface area contributed by atoms with E-state index in [9.17, 15) is 4.79 Å². The van der Waals surface area contributed by atoms with Gasteiger partial charge < -0.3 is 10.6 Å². The van der Waals surface area contributed by atoms with Crippen LogP contribution in [0.1, 0.15) is 31.0 Å². The van der Waals surface area contributed by atoms with Crippen molar-refractivity contribution in [2.75, 3.05) is 10.6 Å². The summed E-state index contributed by atoms with van der Waals surface area (Å²) in [4.78, 5) is 15.8. The number of anilines is 3. The van der Waals surface area contributed by atoms with E-state index in [1.165, 1.54) is 23.3 Å². The van der Waals surface area contributed by atoms with Gasteiger partial charge in [-0.05, 0) is 31.0 Å². The molecule has 1 aromatic carbocycles. The number of thioether (sulfide) groups is 1. The van der Waals surface area contributed by atoms with Crippen molar-refractivity contribution in [3.8, 4) is 0 Å². The first-order valence-corrected chi connectivity index (χ1v) is 10.8. The molecule has 136 valence electrons. The van der Waals surface area contributed by atoms with Crippen LogP contribution >= 0.6 is 34.4 Å². The van der Waals surface area contributed by atoms with Crippen LogP contribution in [0.4, 0.5) is 16.5 Å². The van der Waals surface area contributed by atoms with Crippen LogP contribution in [0.3, 0.4) is 0 Å². The van der Waals surface area contributed by atoms with Crippen LogP contribution in [0.15, 0.2) is 34.0 Å². The van der Waals surface area contributed by atoms with E-state index >= 15 is 0 Å². The highest BCUT2D eigenvalue weighted by Gasteiger charge is 2.08. The maximum atomic E-state index is 11.2. The monoisotopic (exact) mass is 405 g/mol. The molecule has 0 aliphatic heterocycles. The molecule has 3 aromatic rings. The molecular weight excluding hydrogens is 386 g/mol. The molecule has 0 fully saturated rings. The fourth-order valence-corrected chi connectivity index (χ4v) is 4.87. The number of nitrogens with zero attached hydrogens (tertiary/aromatic N) is 3. The number of aromatic nitrogens is 3. The fourth-order valence-electron chi connectivity index (χ4n) is 2.20. The summed E-state index contributed by atoms with van der Waals surface area (Å²) in [7, 11) is 0. The smallest absolute Gasteiger partial charge is 0.221 e. The third-order valence-corrected chi connectivity index (χ3v) is 6.21. The number of hydrogen-bond acceptors (Lipinski definition) is 8. The largest absolute Gasteiger partial charge is 0.330 e. The minimum absolute atomic E-state index is 0.0964. The number of carbonyl (C=O) groups is 1. The number of amides is 1. The van der Waals surface area contributed by atoms with Gasteiger partial charge in [0.25, 0.3) is 0 Å². The molecule has 0 unspecified atom stereocenters. The van der Waals surface area contributed by atoms with E-state index < -0.39 is 0 Å². The van der Waals surface area contributed by atoms with E-state index in [-0.39, 0.29) is 5.91 Å². The van der Waals surface area contributed by atoms with Crippen molar-refractivity contribution in [1.82, 2.24) is 15.2 Å². The summed E-state index contributed by atoms with van der Waals surface area (Å²) >= 11 is 4.86. The molecule has 0 aliphatic rings. The third kappa shape index (κ3) is 5.52. The molecule has 0 atom stereocenters. The standard InChI is InChI=1S/C17H19N5OS3/c1-3-5-15-19-14(9-24-15)10-25-17-22-21-16(26-17)20-13-7-4-6-12(8-13)18-11(2)23/h4,6-9H,3,5,10H2,1-2H3,(H,18,23)(H,20,21). The summed E-state index contributed by atoms with van der Waals surface area (Å²) < 4.78 is 0.899. The zero-order chi connectivity index (χ0) is 18.4. The van der Waals surface area contributed by atoms with Gasteiger partial charge in [0.05, 0.1) is 10.7 Å². The molecule has 0 bridgehead atoms. The fraction of sp³-hybridized carbons (Fsp3) is 0.294. The Morgan fingerprint density at radius 1 is 1.27 bits per heavy atom. The van der Waals surface area contributed by atoms with Gasteiger partial charge in [0.15, 0.2) is 4.34 Å². The summed E-state index contributed by atoms with van der Waals surface area (Å²) in [5, 5.41) is 18.4. The van der Waals surface area contributed by atoms with Crippen molar-refractivity contribution in [2.45, 2.75) is 36.8 Å². The Hall–Kier alpha value is -1.97. The molecule has 0 aliphatic carbocycles. The third-order valence-electron chi connectivity index (χ3n) is 3.25. The second kappa shape index (κ2) is 9.11.